The average Bonchev–Trinajstić information content (AvgIpc) is 2.33. The summed E-state index contributed by atoms with van der Waals surface area (Å²) in [5.74, 6) is -2.89. The van der Waals surface area contributed by atoms with Crippen LogP contribution in [0, 0.1) is 17.5 Å². The predicted octanol–water partition coefficient (Wildman–Crippen LogP) is 2.92. The maximum absolute atomic E-state index is 13.3. The van der Waals surface area contributed by atoms with E-state index in [1.807, 2.05) is 0 Å². The van der Waals surface area contributed by atoms with Crippen molar-refractivity contribution in [3.05, 3.63) is 65.2 Å². The molecule has 2 rings (SSSR count). The zero-order valence-electron chi connectivity index (χ0n) is 9.16. The van der Waals surface area contributed by atoms with Gasteiger partial charge in [0.1, 0.15) is 11.6 Å². The van der Waals surface area contributed by atoms with Gasteiger partial charge in [-0.3, -0.25) is 9.78 Å². The number of aromatic nitrogens is 1. The molecule has 0 amide bonds. The Morgan fingerprint density at radius 1 is 1.11 bits per heavy atom. The lowest BCUT2D eigenvalue weighted by atomic mass is 10.0. The summed E-state index contributed by atoms with van der Waals surface area (Å²) >= 11 is 0. The number of nitrogens with zero attached hydrogens (tertiary/aromatic N) is 1. The van der Waals surface area contributed by atoms with E-state index in [9.17, 15) is 18.0 Å². The zero-order chi connectivity index (χ0) is 13.1. The van der Waals surface area contributed by atoms with E-state index in [1.165, 1.54) is 18.3 Å². The third kappa shape index (κ3) is 2.56. The lowest BCUT2D eigenvalue weighted by molar-refractivity contribution is 0.0987. The van der Waals surface area contributed by atoms with Gasteiger partial charge < -0.3 is 0 Å². The van der Waals surface area contributed by atoms with Crippen LogP contribution in [0.2, 0.25) is 0 Å². The number of benzene rings is 1. The number of Topliss-reactive ketones (excluding diaryl/α,β-unsaturated/α-hetero) is 1. The third-order valence-electron chi connectivity index (χ3n) is 2.44. The van der Waals surface area contributed by atoms with E-state index in [2.05, 4.69) is 4.98 Å². The second-order valence-corrected chi connectivity index (χ2v) is 3.69. The molecule has 92 valence electrons. The Bertz CT molecular complexity index is 599. The summed E-state index contributed by atoms with van der Waals surface area (Å²) in [7, 11) is 0. The van der Waals surface area contributed by atoms with Gasteiger partial charge in [0.05, 0.1) is 11.8 Å². The van der Waals surface area contributed by atoms with Crippen LogP contribution in [0.25, 0.3) is 0 Å². The van der Waals surface area contributed by atoms with E-state index in [4.69, 9.17) is 0 Å². The minimum atomic E-state index is -0.821. The van der Waals surface area contributed by atoms with Gasteiger partial charge in [0.25, 0.3) is 0 Å². The highest BCUT2D eigenvalue weighted by atomic mass is 19.1. The zero-order valence-corrected chi connectivity index (χ0v) is 9.16. The highest BCUT2D eigenvalue weighted by Crippen LogP contribution is 2.14. The first-order chi connectivity index (χ1) is 8.58. The van der Waals surface area contributed by atoms with Crippen LogP contribution < -0.4 is 0 Å². The van der Waals surface area contributed by atoms with Crippen LogP contribution >= 0.6 is 0 Å². The second-order valence-electron chi connectivity index (χ2n) is 3.69. The number of hydrogen-bond acceptors (Lipinski definition) is 2. The topological polar surface area (TPSA) is 30.0 Å². The molecule has 2 nitrogen and oxygen atoms in total. The molecule has 0 saturated heterocycles. The van der Waals surface area contributed by atoms with Crippen molar-refractivity contribution in [1.82, 2.24) is 4.98 Å². The number of ketones is 1. The average molecular weight is 251 g/mol. The van der Waals surface area contributed by atoms with E-state index in [0.29, 0.717) is 6.07 Å². The summed E-state index contributed by atoms with van der Waals surface area (Å²) in [6.07, 6.45) is 1.86. The molecule has 1 aromatic heterocycles. The van der Waals surface area contributed by atoms with Gasteiger partial charge in [-0.25, -0.2) is 13.2 Å². The van der Waals surface area contributed by atoms with E-state index in [1.54, 1.807) is 0 Å². The van der Waals surface area contributed by atoms with Gasteiger partial charge in [-0.2, -0.15) is 0 Å². The summed E-state index contributed by atoms with van der Waals surface area (Å²) in [6.45, 7) is 0. The Morgan fingerprint density at radius 2 is 1.89 bits per heavy atom. The van der Waals surface area contributed by atoms with Gasteiger partial charge in [-0.05, 0) is 17.7 Å². The van der Waals surface area contributed by atoms with Gasteiger partial charge in [0.15, 0.2) is 11.6 Å². The van der Waals surface area contributed by atoms with E-state index in [-0.39, 0.29) is 17.5 Å². The van der Waals surface area contributed by atoms with Crippen molar-refractivity contribution in [3.63, 3.8) is 0 Å². The van der Waals surface area contributed by atoms with Gasteiger partial charge in [0.2, 0.25) is 0 Å². The summed E-state index contributed by atoms with van der Waals surface area (Å²) in [5, 5.41) is 0. The maximum atomic E-state index is 13.3. The number of rotatable bonds is 3. The number of carbonyl (C=O) groups excluding carboxylic acids is 1. The fourth-order valence-corrected chi connectivity index (χ4v) is 1.53. The third-order valence-corrected chi connectivity index (χ3v) is 2.44. The molecule has 0 fully saturated rings. The second kappa shape index (κ2) is 5.00. The summed E-state index contributed by atoms with van der Waals surface area (Å²) in [4.78, 5) is 15.3. The van der Waals surface area contributed by atoms with Crippen molar-refractivity contribution in [1.29, 1.82) is 0 Å². The number of carbonyl (C=O) groups is 1. The SMILES string of the molecule is O=C(Cc1ccc(F)cc1F)c1ccncc1F. The van der Waals surface area contributed by atoms with Gasteiger partial charge in [-0.1, -0.05) is 6.07 Å². The summed E-state index contributed by atoms with van der Waals surface area (Å²) in [5.41, 5.74) is -0.133. The number of hydrogen-bond donors (Lipinski definition) is 0. The normalized spacial score (nSPS) is 10.4. The highest BCUT2D eigenvalue weighted by molar-refractivity contribution is 5.97. The monoisotopic (exact) mass is 251 g/mol. The molecule has 0 aliphatic rings. The van der Waals surface area contributed by atoms with Crippen LogP contribution in [-0.4, -0.2) is 10.8 Å². The van der Waals surface area contributed by atoms with Crippen molar-refractivity contribution >= 4 is 5.78 Å². The smallest absolute Gasteiger partial charge is 0.170 e. The minimum absolute atomic E-state index is 0.0256. The van der Waals surface area contributed by atoms with Gasteiger partial charge in [-0.15, -0.1) is 0 Å². The van der Waals surface area contributed by atoms with Crippen LogP contribution in [0.1, 0.15) is 15.9 Å². The fourth-order valence-electron chi connectivity index (χ4n) is 1.53. The summed E-state index contributed by atoms with van der Waals surface area (Å²) < 4.78 is 39.3. The predicted molar refractivity (Wildman–Crippen MR) is 58.6 cm³/mol. The molecule has 1 aromatic carbocycles. The molecule has 1 heterocycles. The first-order valence-electron chi connectivity index (χ1n) is 5.14. The van der Waals surface area contributed by atoms with E-state index >= 15 is 0 Å². The Hall–Kier alpha value is -2.17. The largest absolute Gasteiger partial charge is 0.294 e. The van der Waals surface area contributed by atoms with E-state index < -0.39 is 23.2 Å². The van der Waals surface area contributed by atoms with Crippen molar-refractivity contribution in [2.45, 2.75) is 6.42 Å². The van der Waals surface area contributed by atoms with Gasteiger partial charge >= 0.3 is 0 Å². The molecule has 0 aliphatic carbocycles. The van der Waals surface area contributed by atoms with Crippen molar-refractivity contribution in [3.8, 4) is 0 Å². The molecular formula is C13H8F3NO. The fraction of sp³-hybridized carbons (Fsp3) is 0.0769. The van der Waals surface area contributed by atoms with Crippen molar-refractivity contribution in [2.75, 3.05) is 0 Å². The van der Waals surface area contributed by atoms with Crippen LogP contribution in [0.4, 0.5) is 13.2 Å². The molecule has 0 bridgehead atoms. The molecule has 0 aliphatic heterocycles. The van der Waals surface area contributed by atoms with Crippen LogP contribution in [-0.2, 0) is 6.42 Å². The van der Waals surface area contributed by atoms with Crippen molar-refractivity contribution in [2.24, 2.45) is 0 Å². The van der Waals surface area contributed by atoms with Crippen LogP contribution in [0.15, 0.2) is 36.7 Å². The molecule has 0 N–H and O–H groups in total. The van der Waals surface area contributed by atoms with E-state index in [0.717, 1.165) is 12.3 Å². The maximum Gasteiger partial charge on any atom is 0.170 e. The number of halogens is 3. The lowest BCUT2D eigenvalue weighted by Gasteiger charge is -2.03. The van der Waals surface area contributed by atoms with Crippen LogP contribution in [0.3, 0.4) is 0 Å². The number of pyridine rings is 1. The molecule has 2 aromatic rings. The quantitative estimate of drug-likeness (QED) is 0.785. The Balaban J connectivity index is 2.24. The standard InChI is InChI=1S/C13H8F3NO/c14-9-2-1-8(11(15)6-9)5-13(18)10-3-4-17-7-12(10)16/h1-4,6-7H,5H2. The van der Waals surface area contributed by atoms with Crippen LogP contribution in [0.5, 0.6) is 0 Å². The van der Waals surface area contributed by atoms with Gasteiger partial charge in [0, 0.05) is 18.7 Å². The molecule has 0 unspecified atom stereocenters. The molecule has 5 heteroatoms. The van der Waals surface area contributed by atoms with Crippen molar-refractivity contribution < 1.29 is 18.0 Å². The Morgan fingerprint density at radius 3 is 2.56 bits per heavy atom. The molecule has 18 heavy (non-hydrogen) atoms. The molecule has 0 atom stereocenters. The molecule has 0 radical (unpaired) electrons. The summed E-state index contributed by atoms with van der Waals surface area (Å²) in [6, 6.07) is 4.13. The molecule has 0 spiro atoms. The first kappa shape index (κ1) is 12.3. The molecular weight excluding hydrogens is 243 g/mol. The first-order valence-corrected chi connectivity index (χ1v) is 5.14. The Labute approximate surface area is 101 Å². The minimum Gasteiger partial charge on any atom is -0.294 e. The highest BCUT2D eigenvalue weighted by Gasteiger charge is 2.14. The lowest BCUT2D eigenvalue weighted by Crippen LogP contribution is -2.08. The molecule has 0 saturated carbocycles. The Kier molecular flexibility index (Phi) is 3.41.